The Morgan fingerprint density at radius 3 is 2.76 bits per heavy atom. The second-order valence-electron chi connectivity index (χ2n) is 5.79. The molecule has 2 aromatic heterocycles. The monoisotopic (exact) mass is 304 g/mol. The molecule has 3 rings (SSSR count). The van der Waals surface area contributed by atoms with Crippen LogP contribution in [-0.4, -0.2) is 22.6 Å². The molecule has 0 aromatic carbocycles. The Morgan fingerprint density at radius 1 is 1.19 bits per heavy atom. The molecular formula is C16H24N4S. The molecule has 114 valence electrons. The van der Waals surface area contributed by atoms with Gasteiger partial charge in [-0.1, -0.05) is 32.6 Å². The number of hydrogen-bond acceptors (Lipinski definition) is 5. The predicted octanol–water partition coefficient (Wildman–Crippen LogP) is 4.65. The van der Waals surface area contributed by atoms with Crippen LogP contribution in [0.2, 0.25) is 0 Å². The molecule has 5 heteroatoms. The van der Waals surface area contributed by atoms with E-state index >= 15 is 0 Å². The van der Waals surface area contributed by atoms with E-state index in [9.17, 15) is 0 Å². The summed E-state index contributed by atoms with van der Waals surface area (Å²) in [6.07, 6.45) is 9.00. The average molecular weight is 304 g/mol. The number of anilines is 2. The standard InChI is InChI=1S/C16H24N4S/c1-2-10-17-16-19-14(13-9-11-21-15(13)20-16)18-12-7-5-3-4-6-8-12/h9,11-12H,2-8,10H2,1H3,(H2,17,18,19,20). The quantitative estimate of drug-likeness (QED) is 0.790. The third kappa shape index (κ3) is 3.64. The third-order valence-electron chi connectivity index (χ3n) is 4.05. The molecule has 2 aromatic rings. The fraction of sp³-hybridized carbons (Fsp3) is 0.625. The van der Waals surface area contributed by atoms with Crippen molar-refractivity contribution in [2.24, 2.45) is 0 Å². The first kappa shape index (κ1) is 14.6. The topological polar surface area (TPSA) is 49.8 Å². The summed E-state index contributed by atoms with van der Waals surface area (Å²) < 4.78 is 0. The summed E-state index contributed by atoms with van der Waals surface area (Å²) in [5.41, 5.74) is 0. The van der Waals surface area contributed by atoms with Crippen LogP contribution < -0.4 is 10.6 Å². The minimum absolute atomic E-state index is 0.560. The van der Waals surface area contributed by atoms with Crippen LogP contribution in [0.5, 0.6) is 0 Å². The molecule has 4 nitrogen and oxygen atoms in total. The molecule has 0 aliphatic heterocycles. The van der Waals surface area contributed by atoms with Crippen molar-refractivity contribution in [2.75, 3.05) is 17.2 Å². The summed E-state index contributed by atoms with van der Waals surface area (Å²) in [6, 6.07) is 2.69. The first-order chi connectivity index (χ1) is 10.4. The highest BCUT2D eigenvalue weighted by Gasteiger charge is 2.15. The molecule has 1 aliphatic rings. The van der Waals surface area contributed by atoms with Crippen LogP contribution in [-0.2, 0) is 0 Å². The molecule has 0 atom stereocenters. The lowest BCUT2D eigenvalue weighted by atomic mass is 10.1. The van der Waals surface area contributed by atoms with E-state index in [1.54, 1.807) is 11.3 Å². The summed E-state index contributed by atoms with van der Waals surface area (Å²) in [5.74, 6) is 1.76. The van der Waals surface area contributed by atoms with Crippen LogP contribution in [0.4, 0.5) is 11.8 Å². The highest BCUT2D eigenvalue weighted by Crippen LogP contribution is 2.29. The maximum atomic E-state index is 4.71. The zero-order valence-corrected chi connectivity index (χ0v) is 13.5. The largest absolute Gasteiger partial charge is 0.367 e. The summed E-state index contributed by atoms with van der Waals surface area (Å²) in [6.45, 7) is 3.07. The molecule has 21 heavy (non-hydrogen) atoms. The third-order valence-corrected chi connectivity index (χ3v) is 4.86. The van der Waals surface area contributed by atoms with E-state index in [4.69, 9.17) is 4.98 Å². The van der Waals surface area contributed by atoms with E-state index in [0.29, 0.717) is 6.04 Å². The zero-order valence-electron chi connectivity index (χ0n) is 12.7. The van der Waals surface area contributed by atoms with Gasteiger partial charge in [0.15, 0.2) is 0 Å². The Hall–Kier alpha value is -1.36. The van der Waals surface area contributed by atoms with Gasteiger partial charge in [0.25, 0.3) is 0 Å². The number of thiophene rings is 1. The maximum Gasteiger partial charge on any atom is 0.226 e. The minimum Gasteiger partial charge on any atom is -0.367 e. The van der Waals surface area contributed by atoms with Crippen molar-refractivity contribution in [1.29, 1.82) is 0 Å². The normalized spacial score (nSPS) is 16.8. The fourth-order valence-corrected chi connectivity index (χ4v) is 3.66. The van der Waals surface area contributed by atoms with Gasteiger partial charge in [-0.3, -0.25) is 0 Å². The Morgan fingerprint density at radius 2 is 2.00 bits per heavy atom. The van der Waals surface area contributed by atoms with Gasteiger partial charge in [0.1, 0.15) is 10.6 Å². The van der Waals surface area contributed by atoms with Crippen molar-refractivity contribution in [1.82, 2.24) is 9.97 Å². The minimum atomic E-state index is 0.560. The summed E-state index contributed by atoms with van der Waals surface area (Å²) in [4.78, 5) is 10.4. The Bertz CT molecular complexity index is 573. The first-order valence-corrected chi connectivity index (χ1v) is 9.00. The summed E-state index contributed by atoms with van der Waals surface area (Å²) in [7, 11) is 0. The molecule has 1 aliphatic carbocycles. The van der Waals surface area contributed by atoms with E-state index in [2.05, 4.69) is 34.0 Å². The van der Waals surface area contributed by atoms with Crippen molar-refractivity contribution >= 4 is 33.3 Å². The summed E-state index contributed by atoms with van der Waals surface area (Å²) in [5, 5.41) is 10.3. The van der Waals surface area contributed by atoms with Gasteiger partial charge in [0.2, 0.25) is 5.95 Å². The van der Waals surface area contributed by atoms with Crippen molar-refractivity contribution in [3.8, 4) is 0 Å². The molecule has 2 N–H and O–H groups in total. The van der Waals surface area contributed by atoms with Gasteiger partial charge in [-0.25, -0.2) is 4.98 Å². The van der Waals surface area contributed by atoms with Gasteiger partial charge >= 0.3 is 0 Å². The van der Waals surface area contributed by atoms with Crippen LogP contribution in [0.15, 0.2) is 11.4 Å². The molecule has 0 saturated heterocycles. The lowest BCUT2D eigenvalue weighted by Crippen LogP contribution is -2.19. The smallest absolute Gasteiger partial charge is 0.226 e. The molecule has 0 bridgehead atoms. The molecule has 0 unspecified atom stereocenters. The van der Waals surface area contributed by atoms with Crippen LogP contribution in [0.25, 0.3) is 10.2 Å². The van der Waals surface area contributed by atoms with Gasteiger partial charge in [-0.2, -0.15) is 4.98 Å². The van der Waals surface area contributed by atoms with Gasteiger partial charge in [0.05, 0.1) is 5.39 Å². The highest BCUT2D eigenvalue weighted by atomic mass is 32.1. The Kier molecular flexibility index (Phi) is 4.91. The molecule has 1 fully saturated rings. The maximum absolute atomic E-state index is 4.71. The Labute approximate surface area is 130 Å². The second-order valence-corrected chi connectivity index (χ2v) is 6.69. The molecule has 2 heterocycles. The molecular weight excluding hydrogens is 280 g/mol. The fourth-order valence-electron chi connectivity index (χ4n) is 2.90. The van der Waals surface area contributed by atoms with Crippen molar-refractivity contribution in [3.63, 3.8) is 0 Å². The molecule has 1 saturated carbocycles. The van der Waals surface area contributed by atoms with E-state index in [0.717, 1.165) is 34.9 Å². The number of nitrogens with one attached hydrogen (secondary N) is 2. The van der Waals surface area contributed by atoms with Crippen molar-refractivity contribution in [3.05, 3.63) is 11.4 Å². The van der Waals surface area contributed by atoms with Gasteiger partial charge < -0.3 is 10.6 Å². The molecule has 0 amide bonds. The van der Waals surface area contributed by atoms with Crippen molar-refractivity contribution in [2.45, 2.75) is 57.9 Å². The van der Waals surface area contributed by atoms with Gasteiger partial charge in [-0.15, -0.1) is 11.3 Å². The zero-order chi connectivity index (χ0) is 14.5. The van der Waals surface area contributed by atoms with Crippen LogP contribution in [0.3, 0.4) is 0 Å². The lowest BCUT2D eigenvalue weighted by Gasteiger charge is -2.18. The SMILES string of the molecule is CCCNc1nc(NC2CCCCCC2)c2ccsc2n1. The van der Waals surface area contributed by atoms with Gasteiger partial charge in [0, 0.05) is 12.6 Å². The second kappa shape index (κ2) is 7.07. The number of fused-ring (bicyclic) bond motifs is 1. The molecule has 0 radical (unpaired) electrons. The van der Waals surface area contributed by atoms with Crippen LogP contribution in [0, 0.1) is 0 Å². The number of rotatable bonds is 5. The molecule has 0 spiro atoms. The number of hydrogen-bond donors (Lipinski definition) is 2. The van der Waals surface area contributed by atoms with E-state index in [1.807, 2.05) is 0 Å². The first-order valence-electron chi connectivity index (χ1n) is 8.12. The average Bonchev–Trinajstić information content (AvgIpc) is 2.82. The number of aromatic nitrogens is 2. The van der Waals surface area contributed by atoms with E-state index < -0.39 is 0 Å². The lowest BCUT2D eigenvalue weighted by molar-refractivity contribution is 0.618. The van der Waals surface area contributed by atoms with E-state index in [-0.39, 0.29) is 0 Å². The number of nitrogens with zero attached hydrogens (tertiary/aromatic N) is 2. The Balaban J connectivity index is 1.82. The highest BCUT2D eigenvalue weighted by molar-refractivity contribution is 7.16. The van der Waals surface area contributed by atoms with Crippen LogP contribution >= 0.6 is 11.3 Å². The predicted molar refractivity (Wildman–Crippen MR) is 91.3 cm³/mol. The summed E-state index contributed by atoms with van der Waals surface area (Å²) >= 11 is 1.68. The van der Waals surface area contributed by atoms with Gasteiger partial charge in [-0.05, 0) is 30.7 Å². The van der Waals surface area contributed by atoms with E-state index in [1.165, 1.54) is 38.5 Å². The van der Waals surface area contributed by atoms with Crippen LogP contribution in [0.1, 0.15) is 51.9 Å². The van der Waals surface area contributed by atoms with Crippen molar-refractivity contribution < 1.29 is 0 Å².